The molecular formula is C25H20Cl2F4N2O4. The van der Waals surface area contributed by atoms with Crippen LogP contribution in [0.2, 0.25) is 10.0 Å². The molecule has 0 radical (unpaired) electrons. The highest BCUT2D eigenvalue weighted by Gasteiger charge is 2.57. The molecule has 2 aromatic rings. The molecule has 0 bridgehead atoms. The minimum Gasteiger partial charge on any atom is -0.448 e. The minimum absolute atomic E-state index is 0.0330. The molecule has 0 saturated carbocycles. The molecule has 2 aromatic carbocycles. The molecule has 12 heteroatoms. The summed E-state index contributed by atoms with van der Waals surface area (Å²) in [5, 5.41) is 6.12. The van der Waals surface area contributed by atoms with Crippen LogP contribution in [0.4, 0.5) is 17.6 Å². The van der Waals surface area contributed by atoms with Crippen LogP contribution in [0, 0.1) is 17.7 Å². The Hall–Kier alpha value is -2.69. The smallest absolute Gasteiger partial charge is 0.401 e. The van der Waals surface area contributed by atoms with E-state index < -0.39 is 57.7 Å². The Morgan fingerprint density at radius 2 is 1.95 bits per heavy atom. The summed E-state index contributed by atoms with van der Waals surface area (Å²) in [4.78, 5) is 31.5. The number of hydrogen-bond donors (Lipinski definition) is 1. The lowest BCUT2D eigenvalue weighted by Gasteiger charge is -2.38. The SMILES string of the molecule is CC(C)CC(=O)c1c(C2=NOC(c3cc(Cl)cc(Cl)c3F)C2C(F)(F)F)ccc2c1C(=O)OC21CNC1. The van der Waals surface area contributed by atoms with Gasteiger partial charge in [0.1, 0.15) is 17.4 Å². The van der Waals surface area contributed by atoms with E-state index in [1.807, 2.05) is 0 Å². The fourth-order valence-electron chi connectivity index (χ4n) is 5.01. The van der Waals surface area contributed by atoms with Crippen LogP contribution in [0.25, 0.3) is 0 Å². The first-order chi connectivity index (χ1) is 17.3. The Labute approximate surface area is 218 Å². The fraction of sp³-hybridized carbons (Fsp3) is 0.400. The van der Waals surface area contributed by atoms with Crippen molar-refractivity contribution in [3.63, 3.8) is 0 Å². The summed E-state index contributed by atoms with van der Waals surface area (Å²) >= 11 is 11.7. The maximum absolute atomic E-state index is 14.8. The van der Waals surface area contributed by atoms with E-state index in [1.54, 1.807) is 13.8 Å². The van der Waals surface area contributed by atoms with E-state index in [0.29, 0.717) is 18.7 Å². The van der Waals surface area contributed by atoms with Crippen LogP contribution in [-0.2, 0) is 15.2 Å². The summed E-state index contributed by atoms with van der Waals surface area (Å²) in [5.74, 6) is -5.08. The number of nitrogens with zero attached hydrogens (tertiary/aromatic N) is 1. The Morgan fingerprint density at radius 3 is 2.54 bits per heavy atom. The molecule has 3 aliphatic rings. The summed E-state index contributed by atoms with van der Waals surface area (Å²) in [6.07, 6.45) is -6.96. The molecule has 1 N–H and O–H groups in total. The molecule has 0 amide bonds. The Morgan fingerprint density at radius 1 is 1.24 bits per heavy atom. The van der Waals surface area contributed by atoms with E-state index in [2.05, 4.69) is 10.5 Å². The molecule has 3 aliphatic heterocycles. The van der Waals surface area contributed by atoms with Gasteiger partial charge in [-0.2, -0.15) is 13.2 Å². The van der Waals surface area contributed by atoms with Crippen LogP contribution in [0.1, 0.15) is 63.8 Å². The van der Waals surface area contributed by atoms with Crippen molar-refractivity contribution < 1.29 is 36.7 Å². The van der Waals surface area contributed by atoms with Gasteiger partial charge in [0.05, 0.1) is 10.6 Å². The molecule has 2 unspecified atom stereocenters. The number of rotatable bonds is 5. The molecule has 6 nitrogen and oxygen atoms in total. The first kappa shape index (κ1) is 25.9. The molecule has 37 heavy (non-hydrogen) atoms. The number of ether oxygens (including phenoxy) is 1. The van der Waals surface area contributed by atoms with Gasteiger partial charge in [0.25, 0.3) is 0 Å². The van der Waals surface area contributed by atoms with Gasteiger partial charge in [0.2, 0.25) is 0 Å². The number of esters is 1. The summed E-state index contributed by atoms with van der Waals surface area (Å²) in [6, 6.07) is 4.84. The highest BCUT2D eigenvalue weighted by Crippen LogP contribution is 2.49. The normalized spacial score (nSPS) is 22.0. The van der Waals surface area contributed by atoms with Crippen molar-refractivity contribution in [1.29, 1.82) is 0 Å². The van der Waals surface area contributed by atoms with Gasteiger partial charge in [0.15, 0.2) is 17.5 Å². The quantitative estimate of drug-likeness (QED) is 0.211. The van der Waals surface area contributed by atoms with E-state index in [1.165, 1.54) is 12.1 Å². The molecule has 3 heterocycles. The molecule has 1 spiro atoms. The number of benzene rings is 2. The summed E-state index contributed by atoms with van der Waals surface area (Å²) < 4.78 is 63.9. The number of nitrogens with one attached hydrogen (secondary N) is 1. The third-order valence-electron chi connectivity index (χ3n) is 6.70. The zero-order chi connectivity index (χ0) is 26.9. The van der Waals surface area contributed by atoms with E-state index >= 15 is 0 Å². The van der Waals surface area contributed by atoms with Crippen molar-refractivity contribution in [2.75, 3.05) is 13.1 Å². The van der Waals surface area contributed by atoms with Crippen LogP contribution >= 0.6 is 23.2 Å². The summed E-state index contributed by atoms with van der Waals surface area (Å²) in [7, 11) is 0. The number of carbonyl (C=O) groups is 2. The summed E-state index contributed by atoms with van der Waals surface area (Å²) in [5.41, 5.74) is -2.23. The number of hydrogen-bond acceptors (Lipinski definition) is 6. The molecule has 1 fully saturated rings. The standard InChI is InChI=1S/C25H20Cl2F4N2O4/c1-10(2)5-16(34)17-12(3-4-14-18(17)23(35)36-24(14)8-32-9-24)21-19(25(29,30)31)22(37-33-21)13-6-11(26)7-15(27)20(13)28/h3-4,6-7,10,19,22,32H,5,8-9H2,1-2H3. The molecule has 2 atom stereocenters. The number of carbonyl (C=O) groups excluding carboxylic acids is 2. The molecule has 196 valence electrons. The van der Waals surface area contributed by atoms with Gasteiger partial charge in [-0.25, -0.2) is 9.18 Å². The molecule has 0 aromatic heterocycles. The van der Waals surface area contributed by atoms with Crippen molar-refractivity contribution in [2.45, 2.75) is 38.1 Å². The van der Waals surface area contributed by atoms with Crippen LogP contribution in [0.3, 0.4) is 0 Å². The topological polar surface area (TPSA) is 77.0 Å². The number of ketones is 1. The second-order valence-corrected chi connectivity index (χ2v) is 10.6. The van der Waals surface area contributed by atoms with Crippen LogP contribution in [-0.4, -0.2) is 36.7 Å². The average molecular weight is 559 g/mol. The Bertz CT molecular complexity index is 1360. The van der Waals surface area contributed by atoms with Crippen LogP contribution in [0.15, 0.2) is 29.4 Å². The number of oxime groups is 1. The lowest BCUT2D eigenvalue weighted by molar-refractivity contribution is -0.178. The number of fused-ring (bicyclic) bond motifs is 2. The summed E-state index contributed by atoms with van der Waals surface area (Å²) in [6.45, 7) is 4.17. The van der Waals surface area contributed by atoms with E-state index in [9.17, 15) is 27.2 Å². The monoisotopic (exact) mass is 558 g/mol. The highest BCUT2D eigenvalue weighted by molar-refractivity contribution is 6.34. The van der Waals surface area contributed by atoms with Gasteiger partial charge in [-0.1, -0.05) is 54.3 Å². The predicted molar refractivity (Wildman–Crippen MR) is 127 cm³/mol. The second-order valence-electron chi connectivity index (χ2n) is 9.73. The van der Waals surface area contributed by atoms with Crippen LogP contribution in [0.5, 0.6) is 0 Å². The predicted octanol–water partition coefficient (Wildman–Crippen LogP) is 5.98. The number of halogens is 6. The van der Waals surface area contributed by atoms with Gasteiger partial charge >= 0.3 is 12.1 Å². The van der Waals surface area contributed by atoms with Crippen molar-refractivity contribution in [3.8, 4) is 0 Å². The third kappa shape index (κ3) is 4.19. The van der Waals surface area contributed by atoms with Gasteiger partial charge in [-0.15, -0.1) is 0 Å². The van der Waals surface area contributed by atoms with Crippen LogP contribution < -0.4 is 5.32 Å². The van der Waals surface area contributed by atoms with Gasteiger partial charge in [-0.05, 0) is 18.1 Å². The van der Waals surface area contributed by atoms with Gasteiger partial charge in [-0.3, -0.25) is 4.79 Å². The van der Waals surface area contributed by atoms with Gasteiger partial charge < -0.3 is 14.9 Å². The average Bonchev–Trinajstić information content (AvgIpc) is 3.34. The van der Waals surface area contributed by atoms with Crippen molar-refractivity contribution >= 4 is 40.7 Å². The maximum Gasteiger partial charge on any atom is 0.401 e. The number of alkyl halides is 3. The Balaban J connectivity index is 1.68. The molecule has 5 rings (SSSR count). The van der Waals surface area contributed by atoms with E-state index in [-0.39, 0.29) is 34.1 Å². The van der Waals surface area contributed by atoms with E-state index in [4.69, 9.17) is 32.8 Å². The molecular weight excluding hydrogens is 539 g/mol. The maximum atomic E-state index is 14.8. The first-order valence-electron chi connectivity index (χ1n) is 11.4. The van der Waals surface area contributed by atoms with Crippen molar-refractivity contribution in [1.82, 2.24) is 5.32 Å². The highest BCUT2D eigenvalue weighted by atomic mass is 35.5. The molecule has 0 aliphatic carbocycles. The largest absolute Gasteiger partial charge is 0.448 e. The second kappa shape index (κ2) is 8.96. The number of Topliss-reactive ketones (excluding diaryl/α,β-unsaturated/α-hetero) is 1. The fourth-order valence-corrected chi connectivity index (χ4v) is 5.51. The first-order valence-corrected chi connectivity index (χ1v) is 12.2. The van der Waals surface area contributed by atoms with E-state index in [0.717, 1.165) is 12.1 Å². The van der Waals surface area contributed by atoms with Gasteiger partial charge in [0, 0.05) is 46.8 Å². The molecule has 1 saturated heterocycles. The lowest BCUT2D eigenvalue weighted by Crippen LogP contribution is -2.57. The van der Waals surface area contributed by atoms with Crippen molar-refractivity contribution in [3.05, 3.63) is 67.9 Å². The third-order valence-corrected chi connectivity index (χ3v) is 7.19. The van der Waals surface area contributed by atoms with Crippen molar-refractivity contribution in [2.24, 2.45) is 17.0 Å². The zero-order valence-electron chi connectivity index (χ0n) is 19.5. The Kier molecular flexibility index (Phi) is 6.28. The lowest BCUT2D eigenvalue weighted by atomic mass is 9.79. The zero-order valence-corrected chi connectivity index (χ0v) is 21.0. The minimum atomic E-state index is -4.97.